The highest BCUT2D eigenvalue weighted by Gasteiger charge is 2.32. The SMILES string of the molecule is Cc1ocnc1C(=O)N1CCCC[C@@H]1c1cc(=O)n2[nH]ccc2n1. The summed E-state index contributed by atoms with van der Waals surface area (Å²) < 4.78 is 6.53. The molecule has 0 aliphatic carbocycles. The van der Waals surface area contributed by atoms with Gasteiger partial charge in [0, 0.05) is 24.9 Å². The molecule has 3 aromatic heterocycles. The van der Waals surface area contributed by atoms with Crippen molar-refractivity contribution in [3.63, 3.8) is 0 Å². The Morgan fingerprint density at radius 2 is 2.29 bits per heavy atom. The number of carbonyl (C=O) groups excluding carboxylic acids is 1. The number of H-pyrrole nitrogens is 1. The van der Waals surface area contributed by atoms with Crippen molar-refractivity contribution in [2.75, 3.05) is 6.54 Å². The Balaban J connectivity index is 1.74. The lowest BCUT2D eigenvalue weighted by Crippen LogP contribution is -2.39. The largest absolute Gasteiger partial charge is 0.448 e. The van der Waals surface area contributed by atoms with Gasteiger partial charge in [0.15, 0.2) is 17.7 Å². The zero-order valence-corrected chi connectivity index (χ0v) is 13.2. The molecule has 1 fully saturated rings. The molecule has 124 valence electrons. The molecule has 4 heterocycles. The molecule has 8 nitrogen and oxygen atoms in total. The van der Waals surface area contributed by atoms with E-state index in [0.29, 0.717) is 29.3 Å². The second-order valence-electron chi connectivity index (χ2n) is 5.94. The van der Waals surface area contributed by atoms with E-state index in [0.717, 1.165) is 19.3 Å². The number of oxazole rings is 1. The van der Waals surface area contributed by atoms with E-state index in [-0.39, 0.29) is 17.5 Å². The van der Waals surface area contributed by atoms with E-state index < -0.39 is 0 Å². The lowest BCUT2D eigenvalue weighted by molar-refractivity contribution is 0.0599. The van der Waals surface area contributed by atoms with Gasteiger partial charge in [0.05, 0.1) is 11.7 Å². The maximum absolute atomic E-state index is 12.9. The molecule has 0 unspecified atom stereocenters. The van der Waals surface area contributed by atoms with Crippen LogP contribution in [0.3, 0.4) is 0 Å². The van der Waals surface area contributed by atoms with Crippen molar-refractivity contribution >= 4 is 11.6 Å². The van der Waals surface area contributed by atoms with Crippen LogP contribution < -0.4 is 5.56 Å². The lowest BCUT2D eigenvalue weighted by atomic mass is 9.98. The van der Waals surface area contributed by atoms with Crippen molar-refractivity contribution in [1.29, 1.82) is 0 Å². The summed E-state index contributed by atoms with van der Waals surface area (Å²) in [4.78, 5) is 35.4. The number of aromatic amines is 1. The number of piperidine rings is 1. The molecule has 0 saturated carbocycles. The van der Waals surface area contributed by atoms with E-state index in [1.165, 1.54) is 17.0 Å². The average Bonchev–Trinajstić information content (AvgIpc) is 3.23. The van der Waals surface area contributed by atoms with E-state index in [4.69, 9.17) is 4.42 Å². The van der Waals surface area contributed by atoms with Gasteiger partial charge < -0.3 is 9.32 Å². The van der Waals surface area contributed by atoms with Crippen LogP contribution in [-0.4, -0.2) is 36.9 Å². The quantitative estimate of drug-likeness (QED) is 0.772. The third kappa shape index (κ3) is 2.31. The molecule has 1 aliphatic heterocycles. The van der Waals surface area contributed by atoms with Gasteiger partial charge in [-0.2, -0.15) is 0 Å². The number of hydrogen-bond acceptors (Lipinski definition) is 5. The van der Waals surface area contributed by atoms with Crippen LogP contribution in [0.4, 0.5) is 0 Å². The van der Waals surface area contributed by atoms with Crippen molar-refractivity contribution in [3.8, 4) is 0 Å². The maximum Gasteiger partial charge on any atom is 0.276 e. The van der Waals surface area contributed by atoms with Gasteiger partial charge in [-0.05, 0) is 26.2 Å². The van der Waals surface area contributed by atoms with E-state index in [1.807, 2.05) is 0 Å². The summed E-state index contributed by atoms with van der Waals surface area (Å²) in [7, 11) is 0. The van der Waals surface area contributed by atoms with Crippen LogP contribution in [0.15, 0.2) is 33.9 Å². The van der Waals surface area contributed by atoms with Crippen molar-refractivity contribution < 1.29 is 9.21 Å². The van der Waals surface area contributed by atoms with Crippen molar-refractivity contribution in [2.45, 2.75) is 32.2 Å². The van der Waals surface area contributed by atoms with Crippen LogP contribution >= 0.6 is 0 Å². The molecule has 3 aromatic rings. The summed E-state index contributed by atoms with van der Waals surface area (Å²) in [6.45, 7) is 2.33. The fourth-order valence-corrected chi connectivity index (χ4v) is 3.25. The predicted molar refractivity (Wildman–Crippen MR) is 84.7 cm³/mol. The molecule has 24 heavy (non-hydrogen) atoms. The van der Waals surface area contributed by atoms with Gasteiger partial charge in [-0.1, -0.05) is 0 Å². The topological polar surface area (TPSA) is 96.5 Å². The van der Waals surface area contributed by atoms with Crippen LogP contribution in [-0.2, 0) is 0 Å². The highest BCUT2D eigenvalue weighted by atomic mass is 16.3. The van der Waals surface area contributed by atoms with Gasteiger partial charge in [0.1, 0.15) is 5.76 Å². The highest BCUT2D eigenvalue weighted by Crippen LogP contribution is 2.31. The maximum atomic E-state index is 12.9. The number of amides is 1. The van der Waals surface area contributed by atoms with Crippen molar-refractivity contribution in [1.82, 2.24) is 24.5 Å². The van der Waals surface area contributed by atoms with Crippen LogP contribution in [0.2, 0.25) is 0 Å². The van der Waals surface area contributed by atoms with Crippen molar-refractivity contribution in [3.05, 3.63) is 52.2 Å². The summed E-state index contributed by atoms with van der Waals surface area (Å²) in [6, 6.07) is 3.01. The number of aromatic nitrogens is 4. The number of rotatable bonds is 2. The number of nitrogens with zero attached hydrogens (tertiary/aromatic N) is 4. The van der Waals surface area contributed by atoms with Crippen molar-refractivity contribution in [2.24, 2.45) is 0 Å². The number of fused-ring (bicyclic) bond motifs is 1. The Morgan fingerprint density at radius 1 is 1.42 bits per heavy atom. The molecular weight excluding hydrogens is 310 g/mol. The number of likely N-dealkylation sites (tertiary alicyclic amines) is 1. The fourth-order valence-electron chi connectivity index (χ4n) is 3.25. The third-order valence-corrected chi connectivity index (χ3v) is 4.45. The Hall–Kier alpha value is -2.90. The van der Waals surface area contributed by atoms with Gasteiger partial charge >= 0.3 is 0 Å². The highest BCUT2D eigenvalue weighted by molar-refractivity contribution is 5.93. The molecule has 1 N–H and O–H groups in total. The van der Waals surface area contributed by atoms with Gasteiger partial charge in [0.25, 0.3) is 11.5 Å². The molecule has 0 spiro atoms. The summed E-state index contributed by atoms with van der Waals surface area (Å²) in [6.07, 6.45) is 5.62. The Labute approximate surface area is 137 Å². The summed E-state index contributed by atoms with van der Waals surface area (Å²) in [5.41, 5.74) is 1.30. The predicted octanol–water partition coefficient (Wildman–Crippen LogP) is 1.69. The Bertz CT molecular complexity index is 954. The fraction of sp³-hybridized carbons (Fsp3) is 0.375. The first kappa shape index (κ1) is 14.7. The zero-order valence-electron chi connectivity index (χ0n) is 13.2. The van der Waals surface area contributed by atoms with Crippen LogP contribution in [0.25, 0.3) is 5.65 Å². The minimum atomic E-state index is -0.227. The summed E-state index contributed by atoms with van der Waals surface area (Å²) in [5.74, 6) is 0.320. The van der Waals surface area contributed by atoms with Gasteiger partial charge in [-0.15, -0.1) is 0 Å². The molecule has 1 saturated heterocycles. The molecule has 8 heteroatoms. The molecule has 4 rings (SSSR count). The smallest absolute Gasteiger partial charge is 0.276 e. The van der Waals surface area contributed by atoms with Gasteiger partial charge in [0.2, 0.25) is 0 Å². The lowest BCUT2D eigenvalue weighted by Gasteiger charge is -2.34. The number of nitrogens with one attached hydrogen (secondary N) is 1. The average molecular weight is 327 g/mol. The third-order valence-electron chi connectivity index (χ3n) is 4.45. The second kappa shape index (κ2) is 5.63. The minimum Gasteiger partial charge on any atom is -0.448 e. The zero-order chi connectivity index (χ0) is 16.7. The molecule has 1 amide bonds. The molecule has 0 aromatic carbocycles. The normalized spacial score (nSPS) is 18.2. The number of carbonyl (C=O) groups is 1. The van der Waals surface area contributed by atoms with E-state index in [2.05, 4.69) is 15.1 Å². The van der Waals surface area contributed by atoms with Crippen LogP contribution in [0.1, 0.15) is 47.2 Å². The molecule has 0 bridgehead atoms. The molecule has 1 aliphatic rings. The Kier molecular flexibility index (Phi) is 3.44. The Morgan fingerprint density at radius 3 is 3.08 bits per heavy atom. The van der Waals surface area contributed by atoms with E-state index in [9.17, 15) is 9.59 Å². The standard InChI is InChI=1S/C16H17N5O3/c1-10-15(17-9-24-10)16(23)20-7-3-2-4-12(20)11-8-14(22)21-13(19-11)5-6-18-21/h5-6,8-9,12,18H,2-4,7H2,1H3/t12-/m1/s1. The second-order valence-corrected chi connectivity index (χ2v) is 5.94. The molecule has 0 radical (unpaired) electrons. The van der Waals surface area contributed by atoms with Crippen LogP contribution in [0.5, 0.6) is 0 Å². The minimum absolute atomic E-state index is 0.179. The number of aryl methyl sites for hydroxylation is 1. The van der Waals surface area contributed by atoms with Crippen LogP contribution in [0, 0.1) is 6.92 Å². The van der Waals surface area contributed by atoms with E-state index in [1.54, 1.807) is 24.1 Å². The summed E-state index contributed by atoms with van der Waals surface area (Å²) >= 11 is 0. The van der Waals surface area contributed by atoms with Gasteiger partial charge in [-0.25, -0.2) is 14.5 Å². The number of hydrogen-bond donors (Lipinski definition) is 1. The molecular formula is C16H17N5O3. The van der Waals surface area contributed by atoms with E-state index >= 15 is 0 Å². The summed E-state index contributed by atoms with van der Waals surface area (Å²) in [5, 5.41) is 2.82. The first-order chi connectivity index (χ1) is 11.6. The van der Waals surface area contributed by atoms with Gasteiger partial charge in [-0.3, -0.25) is 14.7 Å². The first-order valence-corrected chi connectivity index (χ1v) is 7.93. The molecule has 1 atom stereocenters. The monoisotopic (exact) mass is 327 g/mol. The first-order valence-electron chi connectivity index (χ1n) is 7.93.